The van der Waals surface area contributed by atoms with Gasteiger partial charge >= 0.3 is 6.03 Å². The van der Waals surface area contributed by atoms with E-state index in [2.05, 4.69) is 16.8 Å². The van der Waals surface area contributed by atoms with Gasteiger partial charge < -0.3 is 10.1 Å². The molecule has 1 aliphatic heterocycles. The lowest BCUT2D eigenvalue weighted by molar-refractivity contribution is -0.116. The molecule has 2 atom stereocenters. The quantitative estimate of drug-likeness (QED) is 0.259. The zero-order chi connectivity index (χ0) is 27.8. The van der Waals surface area contributed by atoms with Gasteiger partial charge in [0.05, 0.1) is 28.9 Å². The largest absolute Gasteiger partial charge is 0.497 e. The summed E-state index contributed by atoms with van der Waals surface area (Å²) in [5.41, 5.74) is 4.87. The van der Waals surface area contributed by atoms with Gasteiger partial charge in [0.25, 0.3) is 0 Å². The van der Waals surface area contributed by atoms with Crippen LogP contribution in [0.1, 0.15) is 40.8 Å². The number of nitrogens with one attached hydrogen (secondary N) is 1. The summed E-state index contributed by atoms with van der Waals surface area (Å²) in [5, 5.41) is 5.80. The van der Waals surface area contributed by atoms with Crippen LogP contribution in [0.25, 0.3) is 0 Å². The summed E-state index contributed by atoms with van der Waals surface area (Å²) in [4.78, 5) is 31.2. The van der Waals surface area contributed by atoms with E-state index in [1.165, 1.54) is 4.88 Å². The number of Topliss-reactive ketones (excluding diaryl/α,β-unsaturated/α-hetero) is 1. The third-order valence-electron chi connectivity index (χ3n) is 7.56. The second kappa shape index (κ2) is 11.1. The summed E-state index contributed by atoms with van der Waals surface area (Å²) in [7, 11) is 1.61. The summed E-state index contributed by atoms with van der Waals surface area (Å²) in [6, 6.07) is 23.6. The fraction of sp³-hybridized carbons (Fsp3) is 0.188. The van der Waals surface area contributed by atoms with E-state index in [9.17, 15) is 9.59 Å². The molecule has 0 saturated heterocycles. The maximum atomic E-state index is 14.2. The molecule has 0 bridgehead atoms. The molecule has 6 rings (SSSR count). The van der Waals surface area contributed by atoms with Crippen LogP contribution in [0.4, 0.5) is 16.2 Å². The number of halogens is 2. The summed E-state index contributed by atoms with van der Waals surface area (Å²) >= 11 is 14.1. The Balaban J connectivity index is 1.51. The summed E-state index contributed by atoms with van der Waals surface area (Å²) < 4.78 is 5.40. The lowest BCUT2D eigenvalue weighted by Crippen LogP contribution is -2.41. The van der Waals surface area contributed by atoms with Crippen LogP contribution < -0.4 is 15.0 Å². The number of hydrogen-bond acceptors (Lipinski definition) is 4. The Kier molecular flexibility index (Phi) is 7.41. The van der Waals surface area contributed by atoms with Crippen LogP contribution in [0.3, 0.4) is 0 Å². The van der Waals surface area contributed by atoms with E-state index in [0.29, 0.717) is 39.9 Å². The van der Waals surface area contributed by atoms with Gasteiger partial charge in [0.1, 0.15) is 5.75 Å². The van der Waals surface area contributed by atoms with Gasteiger partial charge in [-0.05, 0) is 71.8 Å². The van der Waals surface area contributed by atoms with Crippen LogP contribution in [-0.4, -0.2) is 18.9 Å². The third-order valence-corrected chi connectivity index (χ3v) is 9.33. The topological polar surface area (TPSA) is 58.6 Å². The monoisotopic (exact) mass is 588 g/mol. The van der Waals surface area contributed by atoms with Gasteiger partial charge in [-0.25, -0.2) is 4.79 Å². The highest BCUT2D eigenvalue weighted by Crippen LogP contribution is 2.48. The molecule has 1 aliphatic carbocycles. The van der Waals surface area contributed by atoms with Gasteiger partial charge in [-0.2, -0.15) is 0 Å². The van der Waals surface area contributed by atoms with Crippen molar-refractivity contribution in [1.29, 1.82) is 0 Å². The first-order chi connectivity index (χ1) is 19.4. The minimum atomic E-state index is -0.621. The van der Waals surface area contributed by atoms with E-state index in [-0.39, 0.29) is 17.7 Å². The van der Waals surface area contributed by atoms with Gasteiger partial charge in [0, 0.05) is 28.5 Å². The van der Waals surface area contributed by atoms with Crippen LogP contribution in [0.5, 0.6) is 5.75 Å². The second-order valence-corrected chi connectivity index (χ2v) is 11.8. The number of ether oxygens (including phenoxy) is 1. The summed E-state index contributed by atoms with van der Waals surface area (Å²) in [6.07, 6.45) is 1.78. The zero-order valence-electron chi connectivity index (χ0n) is 21.7. The third kappa shape index (κ3) is 5.03. The Hall–Kier alpha value is -3.58. The molecule has 0 saturated carbocycles. The number of hydrogen-bond donors (Lipinski definition) is 1. The molecule has 2 unspecified atom stereocenters. The van der Waals surface area contributed by atoms with Crippen LogP contribution in [-0.2, 0) is 11.2 Å². The molecule has 5 nitrogen and oxygen atoms in total. The highest BCUT2D eigenvalue weighted by molar-refractivity contribution is 7.10. The van der Waals surface area contributed by atoms with Crippen LogP contribution >= 0.6 is 34.5 Å². The van der Waals surface area contributed by atoms with Crippen LogP contribution in [0.2, 0.25) is 10.0 Å². The van der Waals surface area contributed by atoms with Crippen molar-refractivity contribution in [3.63, 3.8) is 0 Å². The first-order valence-electron chi connectivity index (χ1n) is 13.0. The number of methoxy groups -OCH3 is 1. The maximum absolute atomic E-state index is 14.2. The van der Waals surface area contributed by atoms with Crippen LogP contribution in [0, 0.1) is 0 Å². The van der Waals surface area contributed by atoms with E-state index in [1.807, 2.05) is 54.6 Å². The molecule has 3 aromatic carbocycles. The molecule has 202 valence electrons. The smallest absolute Gasteiger partial charge is 0.327 e. The van der Waals surface area contributed by atoms with Crippen molar-refractivity contribution in [1.82, 2.24) is 0 Å². The number of nitrogens with zero attached hydrogens (tertiary/aromatic N) is 1. The average Bonchev–Trinajstić information content (AvgIpc) is 3.45. The Morgan fingerprint density at radius 3 is 2.50 bits per heavy atom. The van der Waals surface area contributed by atoms with Crippen molar-refractivity contribution < 1.29 is 14.3 Å². The number of anilines is 2. The minimum absolute atomic E-state index is 0.0700. The SMILES string of the molecule is COc1ccc(C2C3=C(Cc4ccccc4N2C(=O)Nc2ccc(Cl)c(Cl)c2)CC(c2cccs2)CC3=O)cc1. The van der Waals surface area contributed by atoms with Crippen molar-refractivity contribution >= 4 is 57.7 Å². The van der Waals surface area contributed by atoms with E-state index in [4.69, 9.17) is 27.9 Å². The molecular formula is C32H26Cl2N2O3S. The van der Waals surface area contributed by atoms with Gasteiger partial charge in [0.2, 0.25) is 0 Å². The highest BCUT2D eigenvalue weighted by Gasteiger charge is 2.41. The lowest BCUT2D eigenvalue weighted by atomic mass is 9.77. The average molecular weight is 590 g/mol. The molecule has 2 heterocycles. The molecule has 1 aromatic heterocycles. The number of urea groups is 1. The number of allylic oxidation sites excluding steroid dienone is 1. The predicted octanol–water partition coefficient (Wildman–Crippen LogP) is 8.84. The van der Waals surface area contributed by atoms with E-state index in [0.717, 1.165) is 28.8 Å². The molecular weight excluding hydrogens is 563 g/mol. The number of benzene rings is 3. The fourth-order valence-electron chi connectivity index (χ4n) is 5.73. The van der Waals surface area contributed by atoms with Gasteiger partial charge in [0.15, 0.2) is 5.78 Å². The molecule has 40 heavy (non-hydrogen) atoms. The number of carbonyl (C=O) groups excluding carboxylic acids is 2. The molecule has 0 fully saturated rings. The van der Waals surface area contributed by atoms with Gasteiger partial charge in [-0.1, -0.05) is 65.2 Å². The van der Waals surface area contributed by atoms with Crippen molar-refractivity contribution in [2.45, 2.75) is 31.2 Å². The number of rotatable bonds is 4. The molecule has 0 radical (unpaired) electrons. The van der Waals surface area contributed by atoms with Crippen molar-refractivity contribution in [3.05, 3.63) is 121 Å². The summed E-state index contributed by atoms with van der Waals surface area (Å²) in [5.74, 6) is 0.902. The van der Waals surface area contributed by atoms with Crippen LogP contribution in [0.15, 0.2) is 95.4 Å². The number of ketones is 1. The fourth-order valence-corrected chi connectivity index (χ4v) is 6.86. The summed E-state index contributed by atoms with van der Waals surface area (Å²) in [6.45, 7) is 0. The van der Waals surface area contributed by atoms with E-state index in [1.54, 1.807) is 41.5 Å². The number of para-hydroxylation sites is 1. The maximum Gasteiger partial charge on any atom is 0.327 e. The number of carbonyl (C=O) groups is 2. The van der Waals surface area contributed by atoms with E-state index >= 15 is 0 Å². The lowest BCUT2D eigenvalue weighted by Gasteiger charge is -2.35. The van der Waals surface area contributed by atoms with E-state index < -0.39 is 6.04 Å². The first-order valence-corrected chi connectivity index (χ1v) is 14.6. The molecule has 4 aromatic rings. The number of amides is 2. The molecule has 2 amide bonds. The van der Waals surface area contributed by atoms with Gasteiger partial charge in [-0.15, -0.1) is 11.3 Å². The predicted molar refractivity (Wildman–Crippen MR) is 162 cm³/mol. The van der Waals surface area contributed by atoms with Crippen molar-refractivity contribution in [3.8, 4) is 5.75 Å². The first kappa shape index (κ1) is 26.6. The molecule has 0 spiro atoms. The normalized spacial score (nSPS) is 18.6. The Morgan fingerprint density at radius 2 is 1.77 bits per heavy atom. The zero-order valence-corrected chi connectivity index (χ0v) is 24.0. The standard InChI is InChI=1S/C32H26Cl2N2O3S/c1-39-24-11-8-19(9-12-24)31-30-22(16-21(17-28(30)37)29-7-4-14-40-29)15-20-5-2-3-6-27(20)36(31)32(38)35-23-10-13-25(33)26(34)18-23/h2-14,18,21,31H,15-17H2,1H3,(H,35,38). The highest BCUT2D eigenvalue weighted by atomic mass is 35.5. The molecule has 2 aliphatic rings. The molecule has 1 N–H and O–H groups in total. The van der Waals surface area contributed by atoms with Crippen molar-refractivity contribution in [2.75, 3.05) is 17.3 Å². The van der Waals surface area contributed by atoms with Gasteiger partial charge in [-0.3, -0.25) is 9.69 Å². The molecule has 8 heteroatoms. The minimum Gasteiger partial charge on any atom is -0.497 e. The Morgan fingerprint density at radius 1 is 0.975 bits per heavy atom. The number of fused-ring (bicyclic) bond motifs is 1. The van der Waals surface area contributed by atoms with Crippen molar-refractivity contribution in [2.24, 2.45) is 0 Å². The number of thiophene rings is 1. The Labute approximate surface area is 247 Å². The second-order valence-electron chi connectivity index (χ2n) is 9.97. The Bertz CT molecular complexity index is 1620.